The van der Waals surface area contributed by atoms with E-state index < -0.39 is 0 Å². The Morgan fingerprint density at radius 1 is 1.78 bits per heavy atom. The normalized spacial score (nSPS) is 8.67. The van der Waals surface area contributed by atoms with Crippen LogP contribution in [0, 0.1) is 0 Å². The van der Waals surface area contributed by atoms with Crippen molar-refractivity contribution in [3.05, 3.63) is 0 Å². The fourth-order valence-electron chi connectivity index (χ4n) is 0.220. The van der Waals surface area contributed by atoms with Gasteiger partial charge in [0.15, 0.2) is 0 Å². The molecule has 0 aromatic heterocycles. The molecule has 0 heterocycles. The third kappa shape index (κ3) is 4.42. The molecule has 0 atom stereocenters. The summed E-state index contributed by atoms with van der Waals surface area (Å²) in [5.41, 5.74) is 0. The summed E-state index contributed by atoms with van der Waals surface area (Å²) in [7, 11) is 3.69. The lowest BCUT2D eigenvalue weighted by Gasteiger charge is -2.10. The van der Waals surface area contributed by atoms with E-state index in [9.17, 15) is 4.79 Å². The maximum Gasteiger partial charge on any atom is 0.209 e. The Morgan fingerprint density at radius 3 is 2.67 bits per heavy atom. The zero-order valence-corrected chi connectivity index (χ0v) is 7.01. The van der Waals surface area contributed by atoms with Crippen molar-refractivity contribution in [2.75, 3.05) is 19.8 Å². The summed E-state index contributed by atoms with van der Waals surface area (Å²) < 4.78 is 0.721. The zero-order chi connectivity index (χ0) is 7.28. The van der Waals surface area contributed by atoms with Gasteiger partial charge in [-0.25, -0.2) is 0 Å². The Labute approximate surface area is 64.6 Å². The minimum Gasteiger partial charge on any atom is -0.364 e. The second-order valence-corrected chi connectivity index (χ2v) is 3.20. The number of carbonyl (C=O) groups excluding carboxylic acids is 1. The van der Waals surface area contributed by atoms with Gasteiger partial charge in [-0.05, 0) is 0 Å². The topological polar surface area (TPSA) is 20.3 Å². The molecular formula is C5H8NOS2. The highest BCUT2D eigenvalue weighted by atomic mass is 32.2. The Morgan fingerprint density at radius 2 is 2.33 bits per heavy atom. The van der Waals surface area contributed by atoms with Crippen LogP contribution in [0.25, 0.3) is 0 Å². The molecule has 0 saturated heterocycles. The molecule has 0 unspecified atom stereocenters. The smallest absolute Gasteiger partial charge is 0.209 e. The minimum atomic E-state index is 0.330. The van der Waals surface area contributed by atoms with E-state index in [1.165, 1.54) is 11.8 Å². The molecule has 0 aliphatic heterocycles. The molecule has 0 fully saturated rings. The van der Waals surface area contributed by atoms with E-state index in [0.717, 1.165) is 4.32 Å². The number of nitrogens with zero attached hydrogens (tertiary/aromatic N) is 1. The van der Waals surface area contributed by atoms with Gasteiger partial charge in [-0.1, -0.05) is 24.0 Å². The summed E-state index contributed by atoms with van der Waals surface area (Å²) in [4.78, 5) is 11.5. The fourth-order valence-corrected chi connectivity index (χ4v) is 0.838. The molecule has 0 bridgehead atoms. The van der Waals surface area contributed by atoms with Gasteiger partial charge in [-0.2, -0.15) is 0 Å². The van der Waals surface area contributed by atoms with Gasteiger partial charge in [-0.15, -0.1) is 0 Å². The van der Waals surface area contributed by atoms with Crippen molar-refractivity contribution in [2.45, 2.75) is 0 Å². The zero-order valence-electron chi connectivity index (χ0n) is 5.38. The Hall–Kier alpha value is -0.0900. The second kappa shape index (κ2) is 4.76. The Balaban J connectivity index is 3.38. The summed E-state index contributed by atoms with van der Waals surface area (Å²) in [5.74, 6) is 0.330. The predicted molar refractivity (Wildman–Crippen MR) is 44.4 cm³/mol. The number of hydrogen-bond donors (Lipinski definition) is 0. The van der Waals surface area contributed by atoms with Crippen LogP contribution >= 0.6 is 24.0 Å². The van der Waals surface area contributed by atoms with Gasteiger partial charge in [0.1, 0.15) is 4.32 Å². The fraction of sp³-hybridized carbons (Fsp3) is 0.600. The van der Waals surface area contributed by atoms with Crippen molar-refractivity contribution >= 4 is 34.6 Å². The van der Waals surface area contributed by atoms with E-state index in [-0.39, 0.29) is 0 Å². The van der Waals surface area contributed by atoms with Crippen LogP contribution < -0.4 is 0 Å². The van der Waals surface area contributed by atoms with Crippen LogP contribution in [0.15, 0.2) is 0 Å². The molecule has 2 nitrogen and oxygen atoms in total. The average molecular weight is 162 g/mol. The SMILES string of the molecule is CN(C)C(=S)SC[C]=O. The number of thioether (sulfide) groups is 1. The van der Waals surface area contributed by atoms with E-state index >= 15 is 0 Å². The van der Waals surface area contributed by atoms with Gasteiger partial charge in [0.2, 0.25) is 6.29 Å². The van der Waals surface area contributed by atoms with E-state index in [4.69, 9.17) is 12.2 Å². The lowest BCUT2D eigenvalue weighted by atomic mass is 10.9. The van der Waals surface area contributed by atoms with Gasteiger partial charge >= 0.3 is 0 Å². The first-order valence-electron chi connectivity index (χ1n) is 2.37. The number of thiocarbonyl (C=S) groups is 1. The summed E-state index contributed by atoms with van der Waals surface area (Å²) in [5, 5.41) is 0. The van der Waals surface area contributed by atoms with Crippen LogP contribution in [0.5, 0.6) is 0 Å². The van der Waals surface area contributed by atoms with Crippen molar-refractivity contribution in [2.24, 2.45) is 0 Å². The largest absolute Gasteiger partial charge is 0.364 e. The van der Waals surface area contributed by atoms with Gasteiger partial charge in [-0.3, -0.25) is 4.79 Å². The van der Waals surface area contributed by atoms with E-state index in [2.05, 4.69) is 0 Å². The molecule has 51 valence electrons. The Bertz CT molecular complexity index is 114. The third-order valence-electron chi connectivity index (χ3n) is 0.620. The van der Waals surface area contributed by atoms with Gasteiger partial charge in [0.25, 0.3) is 0 Å². The van der Waals surface area contributed by atoms with Crippen molar-refractivity contribution in [1.82, 2.24) is 4.90 Å². The van der Waals surface area contributed by atoms with E-state index in [1.807, 2.05) is 14.1 Å². The van der Waals surface area contributed by atoms with E-state index in [1.54, 1.807) is 11.2 Å². The number of hydrogen-bond acceptors (Lipinski definition) is 3. The maximum atomic E-state index is 9.71. The molecule has 4 heteroatoms. The molecule has 1 radical (unpaired) electrons. The monoisotopic (exact) mass is 162 g/mol. The first-order chi connectivity index (χ1) is 4.18. The van der Waals surface area contributed by atoms with Gasteiger partial charge in [0, 0.05) is 14.1 Å². The summed E-state index contributed by atoms with van der Waals surface area (Å²) in [6, 6.07) is 0. The van der Waals surface area contributed by atoms with E-state index in [0.29, 0.717) is 5.75 Å². The summed E-state index contributed by atoms with van der Waals surface area (Å²) >= 11 is 6.17. The van der Waals surface area contributed by atoms with Gasteiger partial charge < -0.3 is 4.90 Å². The van der Waals surface area contributed by atoms with Crippen LogP contribution in [0.3, 0.4) is 0 Å². The molecule has 0 rings (SSSR count). The van der Waals surface area contributed by atoms with Crippen molar-refractivity contribution in [3.8, 4) is 0 Å². The minimum absolute atomic E-state index is 0.330. The Kier molecular flexibility index (Phi) is 4.71. The summed E-state index contributed by atoms with van der Waals surface area (Å²) in [6.07, 6.45) is 1.75. The lowest BCUT2D eigenvalue weighted by molar-refractivity contribution is 0.560. The first-order valence-corrected chi connectivity index (χ1v) is 3.77. The molecule has 0 amide bonds. The molecule has 0 N–H and O–H groups in total. The van der Waals surface area contributed by atoms with Crippen LogP contribution in [0.1, 0.15) is 0 Å². The molecule has 0 aliphatic rings. The maximum absolute atomic E-state index is 9.71. The van der Waals surface area contributed by atoms with Crippen LogP contribution in [-0.2, 0) is 4.79 Å². The number of rotatable bonds is 2. The first kappa shape index (κ1) is 8.91. The molecule has 0 aliphatic carbocycles. The van der Waals surface area contributed by atoms with Crippen LogP contribution in [0.2, 0.25) is 0 Å². The average Bonchev–Trinajstić information content (AvgIpc) is 1.82. The summed E-state index contributed by atoms with van der Waals surface area (Å²) in [6.45, 7) is 0. The van der Waals surface area contributed by atoms with Crippen molar-refractivity contribution in [3.63, 3.8) is 0 Å². The molecule has 0 aromatic rings. The highest BCUT2D eigenvalue weighted by Gasteiger charge is 1.96. The second-order valence-electron chi connectivity index (χ2n) is 1.59. The van der Waals surface area contributed by atoms with Crippen molar-refractivity contribution in [1.29, 1.82) is 0 Å². The lowest BCUT2D eigenvalue weighted by Crippen LogP contribution is -2.16. The van der Waals surface area contributed by atoms with Crippen LogP contribution in [-0.4, -0.2) is 35.4 Å². The molecule has 0 spiro atoms. The quantitative estimate of drug-likeness (QED) is 0.556. The van der Waals surface area contributed by atoms with Crippen LogP contribution in [0.4, 0.5) is 0 Å². The highest BCUT2D eigenvalue weighted by Crippen LogP contribution is 2.03. The standard InChI is InChI=1S/C5H8NOS2/c1-6(2)5(8)9-4-3-7/h4H2,1-2H3. The molecule has 0 aromatic carbocycles. The molecular weight excluding hydrogens is 154 g/mol. The molecule has 0 saturated carbocycles. The predicted octanol–water partition coefficient (Wildman–Crippen LogP) is 0.676. The third-order valence-corrected chi connectivity index (χ3v) is 2.21. The highest BCUT2D eigenvalue weighted by molar-refractivity contribution is 8.23. The molecule has 9 heavy (non-hydrogen) atoms. The van der Waals surface area contributed by atoms with Gasteiger partial charge in [0.05, 0.1) is 5.75 Å². The van der Waals surface area contributed by atoms with Crippen molar-refractivity contribution < 1.29 is 4.79 Å².